The average molecular weight is 265 g/mol. The molecule has 2 aliphatic rings. The lowest BCUT2D eigenvalue weighted by atomic mass is 10.2. The van der Waals surface area contributed by atoms with Crippen LogP contribution in [0.2, 0.25) is 10.3 Å². The van der Waals surface area contributed by atoms with E-state index < -0.39 is 0 Å². The summed E-state index contributed by atoms with van der Waals surface area (Å²) in [6, 6.07) is 9.53. The Kier molecular flexibility index (Phi) is 2.50. The first kappa shape index (κ1) is 10.6. The molecule has 0 radical (unpaired) electrons. The molecule has 17 heavy (non-hydrogen) atoms. The van der Waals surface area contributed by atoms with Crippen molar-refractivity contribution in [3.05, 3.63) is 46.8 Å². The van der Waals surface area contributed by atoms with Crippen molar-refractivity contribution in [3.63, 3.8) is 0 Å². The van der Waals surface area contributed by atoms with Crippen LogP contribution in [-0.2, 0) is 0 Å². The third-order valence-electron chi connectivity index (χ3n) is 2.39. The standard InChI is InChI=1S/C12H6Cl2N2O/c13-8-6-15-12(14)16-11(8)10-5-4-7-2-1-3-9(7)17-10/h1-6H. The van der Waals surface area contributed by atoms with Gasteiger partial charge in [0.05, 0.1) is 11.2 Å². The molecule has 0 aromatic carbocycles. The van der Waals surface area contributed by atoms with Gasteiger partial charge in [0.15, 0.2) is 5.76 Å². The second-order valence-electron chi connectivity index (χ2n) is 3.48. The van der Waals surface area contributed by atoms with E-state index >= 15 is 0 Å². The van der Waals surface area contributed by atoms with Gasteiger partial charge in [0.2, 0.25) is 5.28 Å². The van der Waals surface area contributed by atoms with Gasteiger partial charge in [0, 0.05) is 5.56 Å². The van der Waals surface area contributed by atoms with Crippen molar-refractivity contribution in [1.82, 2.24) is 9.97 Å². The van der Waals surface area contributed by atoms with Crippen LogP contribution in [0, 0.1) is 0 Å². The molecule has 0 atom stereocenters. The molecule has 0 saturated carbocycles. The van der Waals surface area contributed by atoms with Crippen molar-refractivity contribution < 1.29 is 4.42 Å². The van der Waals surface area contributed by atoms with Crippen molar-refractivity contribution in [2.24, 2.45) is 0 Å². The molecule has 3 nitrogen and oxygen atoms in total. The van der Waals surface area contributed by atoms with E-state index in [1.54, 1.807) is 0 Å². The van der Waals surface area contributed by atoms with E-state index in [0.717, 1.165) is 11.3 Å². The van der Waals surface area contributed by atoms with E-state index in [-0.39, 0.29) is 5.28 Å². The lowest BCUT2D eigenvalue weighted by Crippen LogP contribution is -1.89. The molecule has 5 heteroatoms. The van der Waals surface area contributed by atoms with Gasteiger partial charge in [-0.3, -0.25) is 0 Å². The van der Waals surface area contributed by atoms with Crippen LogP contribution in [0.3, 0.4) is 0 Å². The Morgan fingerprint density at radius 1 is 1.00 bits per heavy atom. The minimum atomic E-state index is 0.141. The van der Waals surface area contributed by atoms with E-state index in [2.05, 4.69) is 9.97 Å². The predicted octanol–water partition coefficient (Wildman–Crippen LogP) is 4.15. The molecule has 0 spiro atoms. The van der Waals surface area contributed by atoms with Gasteiger partial charge in [-0.05, 0) is 29.8 Å². The largest absolute Gasteiger partial charge is 0.454 e. The lowest BCUT2D eigenvalue weighted by molar-refractivity contribution is 0.580. The van der Waals surface area contributed by atoms with Gasteiger partial charge < -0.3 is 4.42 Å². The number of halogens is 2. The smallest absolute Gasteiger partial charge is 0.223 e. The first-order valence-electron chi connectivity index (χ1n) is 4.91. The molecule has 84 valence electrons. The first-order valence-corrected chi connectivity index (χ1v) is 5.66. The van der Waals surface area contributed by atoms with Crippen molar-refractivity contribution >= 4 is 23.2 Å². The number of fused-ring (bicyclic) bond motifs is 1. The van der Waals surface area contributed by atoms with Crippen molar-refractivity contribution in [1.29, 1.82) is 0 Å². The molecule has 1 aliphatic carbocycles. The Bertz CT molecular complexity index is 651. The second kappa shape index (κ2) is 4.02. The van der Waals surface area contributed by atoms with E-state index in [1.165, 1.54) is 6.20 Å². The quantitative estimate of drug-likeness (QED) is 0.620. The van der Waals surface area contributed by atoms with Crippen LogP contribution in [0.5, 0.6) is 0 Å². The summed E-state index contributed by atoms with van der Waals surface area (Å²) in [7, 11) is 0. The SMILES string of the molecule is Clc1ncc(Cl)c(-c2ccc3cccc-3o2)n1. The zero-order valence-corrected chi connectivity index (χ0v) is 10.0. The fraction of sp³-hybridized carbons (Fsp3) is 0. The molecule has 0 N–H and O–H groups in total. The van der Waals surface area contributed by atoms with Crippen LogP contribution in [0.15, 0.2) is 40.9 Å². The van der Waals surface area contributed by atoms with Gasteiger partial charge >= 0.3 is 0 Å². The summed E-state index contributed by atoms with van der Waals surface area (Å²) in [6.45, 7) is 0. The molecule has 0 fully saturated rings. The highest BCUT2D eigenvalue weighted by molar-refractivity contribution is 6.33. The average Bonchev–Trinajstić information content (AvgIpc) is 2.79. The lowest BCUT2D eigenvalue weighted by Gasteiger charge is -2.05. The minimum Gasteiger partial charge on any atom is -0.454 e. The highest BCUT2D eigenvalue weighted by atomic mass is 35.5. The summed E-state index contributed by atoms with van der Waals surface area (Å²) < 4.78 is 5.69. The van der Waals surface area contributed by atoms with Crippen LogP contribution < -0.4 is 0 Å². The van der Waals surface area contributed by atoms with Gasteiger partial charge in [-0.15, -0.1) is 0 Å². The monoisotopic (exact) mass is 264 g/mol. The van der Waals surface area contributed by atoms with Gasteiger partial charge in [-0.2, -0.15) is 0 Å². The van der Waals surface area contributed by atoms with E-state index in [1.807, 2.05) is 30.3 Å². The Morgan fingerprint density at radius 3 is 2.76 bits per heavy atom. The third kappa shape index (κ3) is 1.88. The van der Waals surface area contributed by atoms with Crippen molar-refractivity contribution in [3.8, 4) is 22.8 Å². The van der Waals surface area contributed by atoms with Gasteiger partial charge in [0.1, 0.15) is 11.5 Å². The van der Waals surface area contributed by atoms with E-state index in [0.29, 0.717) is 16.5 Å². The zero-order valence-electron chi connectivity index (χ0n) is 8.52. The maximum atomic E-state index is 6.01. The zero-order chi connectivity index (χ0) is 11.8. The summed E-state index contributed by atoms with van der Waals surface area (Å²) in [5.74, 6) is 1.35. The van der Waals surface area contributed by atoms with Crippen LogP contribution >= 0.6 is 23.2 Å². The summed E-state index contributed by atoms with van der Waals surface area (Å²) in [4.78, 5) is 7.86. The van der Waals surface area contributed by atoms with Gasteiger partial charge in [-0.25, -0.2) is 9.97 Å². The van der Waals surface area contributed by atoms with Crippen LogP contribution in [0.1, 0.15) is 0 Å². The Morgan fingerprint density at radius 2 is 1.88 bits per heavy atom. The summed E-state index contributed by atoms with van der Waals surface area (Å²) in [5.41, 5.74) is 1.53. The Balaban J connectivity index is 2.21. The van der Waals surface area contributed by atoms with Crippen LogP contribution in [-0.4, -0.2) is 9.97 Å². The fourth-order valence-corrected chi connectivity index (χ4v) is 1.93. The number of rotatable bonds is 1. The summed E-state index contributed by atoms with van der Waals surface area (Å²) in [6.07, 6.45) is 1.46. The predicted molar refractivity (Wildman–Crippen MR) is 66.4 cm³/mol. The summed E-state index contributed by atoms with van der Waals surface area (Å²) >= 11 is 11.8. The molecule has 1 aromatic rings. The second-order valence-corrected chi connectivity index (χ2v) is 4.23. The molecule has 2 heterocycles. The molecule has 0 saturated heterocycles. The number of aromatic nitrogens is 2. The molecule has 0 bridgehead atoms. The third-order valence-corrected chi connectivity index (χ3v) is 2.85. The highest BCUT2D eigenvalue weighted by Crippen LogP contribution is 2.31. The Labute approximate surface area is 107 Å². The van der Waals surface area contributed by atoms with Crippen molar-refractivity contribution in [2.45, 2.75) is 0 Å². The fourth-order valence-electron chi connectivity index (χ4n) is 1.61. The van der Waals surface area contributed by atoms with E-state index in [9.17, 15) is 0 Å². The van der Waals surface area contributed by atoms with Gasteiger partial charge in [0.25, 0.3) is 0 Å². The molecule has 1 aromatic heterocycles. The van der Waals surface area contributed by atoms with Crippen LogP contribution in [0.4, 0.5) is 0 Å². The van der Waals surface area contributed by atoms with Crippen molar-refractivity contribution in [2.75, 3.05) is 0 Å². The maximum Gasteiger partial charge on any atom is 0.223 e. The van der Waals surface area contributed by atoms with Gasteiger partial charge in [-0.1, -0.05) is 23.7 Å². The number of hydrogen-bond donors (Lipinski definition) is 0. The van der Waals surface area contributed by atoms with Crippen LogP contribution in [0.25, 0.3) is 22.8 Å². The topological polar surface area (TPSA) is 38.9 Å². The number of hydrogen-bond acceptors (Lipinski definition) is 3. The van der Waals surface area contributed by atoms with E-state index in [4.69, 9.17) is 27.6 Å². The summed E-state index contributed by atoms with van der Waals surface area (Å²) in [5, 5.41) is 0.547. The molecular weight excluding hydrogens is 259 g/mol. The number of nitrogens with zero attached hydrogens (tertiary/aromatic N) is 2. The normalized spacial score (nSPS) is 10.9. The Hall–Kier alpha value is -1.58. The molecule has 0 amide bonds. The molecule has 1 aliphatic heterocycles. The minimum absolute atomic E-state index is 0.141. The molecule has 0 unspecified atom stereocenters. The first-order chi connectivity index (χ1) is 8.24. The maximum absolute atomic E-state index is 6.01. The molecule has 3 rings (SSSR count). The molecular formula is C12H6Cl2N2O. The highest BCUT2D eigenvalue weighted by Gasteiger charge is 2.12.